The van der Waals surface area contributed by atoms with Crippen molar-refractivity contribution < 1.29 is 4.79 Å². The molecule has 1 N–H and O–H groups in total. The van der Waals surface area contributed by atoms with Gasteiger partial charge in [0.15, 0.2) is 0 Å². The maximum absolute atomic E-state index is 12.7. The Hall–Kier alpha value is -2.40. The predicted octanol–water partition coefficient (Wildman–Crippen LogP) is 4.53. The van der Waals surface area contributed by atoms with Gasteiger partial charge in [-0.25, -0.2) is 0 Å². The van der Waals surface area contributed by atoms with Gasteiger partial charge in [-0.05, 0) is 62.9 Å². The van der Waals surface area contributed by atoms with Gasteiger partial charge in [0, 0.05) is 16.3 Å². The first-order chi connectivity index (χ1) is 11.9. The van der Waals surface area contributed by atoms with E-state index < -0.39 is 5.41 Å². The molecule has 3 aromatic rings. The first kappa shape index (κ1) is 17.4. The highest BCUT2D eigenvalue weighted by molar-refractivity contribution is 7.10. The Morgan fingerprint density at radius 3 is 2.64 bits per heavy atom. The average Bonchev–Trinajstić information content (AvgIpc) is 3.18. The molecule has 1 aromatic carbocycles. The van der Waals surface area contributed by atoms with Gasteiger partial charge in [0.25, 0.3) is 0 Å². The van der Waals surface area contributed by atoms with Crippen molar-refractivity contribution in [1.29, 1.82) is 0 Å². The molecule has 1 amide bonds. The molecule has 130 valence electrons. The third-order valence-corrected chi connectivity index (χ3v) is 5.52. The fraction of sp³-hybridized carbons (Fsp3) is 0.300. The number of rotatable bonds is 5. The second kappa shape index (κ2) is 6.84. The largest absolute Gasteiger partial charge is 0.325 e. The number of aromatic nitrogens is 2. The second-order valence-electron chi connectivity index (χ2n) is 6.84. The van der Waals surface area contributed by atoms with Crippen molar-refractivity contribution in [3.05, 3.63) is 69.7 Å². The van der Waals surface area contributed by atoms with Crippen LogP contribution in [0.5, 0.6) is 0 Å². The Morgan fingerprint density at radius 1 is 1.20 bits per heavy atom. The number of nitrogens with one attached hydrogen (secondary N) is 1. The normalized spacial score (nSPS) is 11.5. The van der Waals surface area contributed by atoms with Gasteiger partial charge in [0.1, 0.15) is 0 Å². The molecule has 0 bridgehead atoms. The molecule has 0 aliphatic rings. The number of aryl methyl sites for hydroxylation is 2. The minimum absolute atomic E-state index is 0.00165. The van der Waals surface area contributed by atoms with Crippen molar-refractivity contribution in [2.45, 2.75) is 39.7 Å². The van der Waals surface area contributed by atoms with Gasteiger partial charge < -0.3 is 5.32 Å². The highest BCUT2D eigenvalue weighted by Gasteiger charge is 2.30. The highest BCUT2D eigenvalue weighted by Crippen LogP contribution is 2.29. The number of carbonyl (C=O) groups excluding carboxylic acids is 1. The molecule has 0 fully saturated rings. The SMILES string of the molecule is Cc1cc(C)n(Cc2cccc(NC(=O)C(C)(C)c3cccs3)c2)n1. The lowest BCUT2D eigenvalue weighted by atomic mass is 9.90. The van der Waals surface area contributed by atoms with Gasteiger partial charge in [-0.1, -0.05) is 18.2 Å². The van der Waals surface area contributed by atoms with Crippen molar-refractivity contribution in [3.8, 4) is 0 Å². The smallest absolute Gasteiger partial charge is 0.235 e. The van der Waals surface area contributed by atoms with Crippen LogP contribution in [0, 0.1) is 13.8 Å². The van der Waals surface area contributed by atoms with E-state index in [4.69, 9.17) is 0 Å². The molecule has 0 saturated carbocycles. The lowest BCUT2D eigenvalue weighted by molar-refractivity contribution is -0.120. The Labute approximate surface area is 152 Å². The number of amides is 1. The van der Waals surface area contributed by atoms with Crippen LogP contribution in [0.4, 0.5) is 5.69 Å². The minimum atomic E-state index is -0.556. The third kappa shape index (κ3) is 3.82. The van der Waals surface area contributed by atoms with Crippen LogP contribution in [0.2, 0.25) is 0 Å². The molecular weight excluding hydrogens is 330 g/mol. The number of thiophene rings is 1. The Balaban J connectivity index is 1.75. The zero-order valence-corrected chi connectivity index (χ0v) is 15.9. The van der Waals surface area contributed by atoms with Crippen LogP contribution < -0.4 is 5.32 Å². The number of benzene rings is 1. The molecule has 0 unspecified atom stereocenters. The van der Waals surface area contributed by atoms with Crippen LogP contribution >= 0.6 is 11.3 Å². The van der Waals surface area contributed by atoms with Crippen molar-refractivity contribution in [2.75, 3.05) is 5.32 Å². The molecule has 5 heteroatoms. The first-order valence-electron chi connectivity index (χ1n) is 8.32. The molecule has 25 heavy (non-hydrogen) atoms. The molecule has 0 aliphatic heterocycles. The molecule has 4 nitrogen and oxygen atoms in total. The molecule has 0 aliphatic carbocycles. The average molecular weight is 353 g/mol. The van der Waals surface area contributed by atoms with E-state index in [9.17, 15) is 4.79 Å². The molecular formula is C20H23N3OS. The van der Waals surface area contributed by atoms with E-state index in [1.807, 2.05) is 61.2 Å². The first-order valence-corrected chi connectivity index (χ1v) is 9.19. The summed E-state index contributed by atoms with van der Waals surface area (Å²) < 4.78 is 1.98. The topological polar surface area (TPSA) is 46.9 Å². The van der Waals surface area contributed by atoms with E-state index >= 15 is 0 Å². The van der Waals surface area contributed by atoms with Crippen LogP contribution in [-0.2, 0) is 16.8 Å². The van der Waals surface area contributed by atoms with E-state index in [1.165, 1.54) is 0 Å². The predicted molar refractivity (Wildman–Crippen MR) is 103 cm³/mol. The van der Waals surface area contributed by atoms with Gasteiger partial charge in [-0.15, -0.1) is 11.3 Å². The lowest BCUT2D eigenvalue weighted by Crippen LogP contribution is -2.33. The van der Waals surface area contributed by atoms with E-state index in [-0.39, 0.29) is 5.91 Å². The van der Waals surface area contributed by atoms with Crippen LogP contribution in [0.3, 0.4) is 0 Å². The Kier molecular flexibility index (Phi) is 4.77. The summed E-state index contributed by atoms with van der Waals surface area (Å²) in [4.78, 5) is 13.8. The van der Waals surface area contributed by atoms with E-state index in [0.717, 1.165) is 27.5 Å². The number of anilines is 1. The van der Waals surface area contributed by atoms with Crippen LogP contribution in [-0.4, -0.2) is 15.7 Å². The highest BCUT2D eigenvalue weighted by atomic mass is 32.1. The minimum Gasteiger partial charge on any atom is -0.325 e. The summed E-state index contributed by atoms with van der Waals surface area (Å²) in [5, 5.41) is 9.55. The van der Waals surface area contributed by atoms with E-state index in [2.05, 4.69) is 29.5 Å². The Bertz CT molecular complexity index is 878. The Morgan fingerprint density at radius 2 is 2.00 bits per heavy atom. The quantitative estimate of drug-likeness (QED) is 0.733. The molecule has 0 saturated heterocycles. The molecule has 0 spiro atoms. The summed E-state index contributed by atoms with van der Waals surface area (Å²) in [6.45, 7) is 8.64. The van der Waals surface area contributed by atoms with Crippen molar-refractivity contribution >= 4 is 22.9 Å². The maximum atomic E-state index is 12.7. The summed E-state index contributed by atoms with van der Waals surface area (Å²) in [5.74, 6) is -0.00165. The van der Waals surface area contributed by atoms with Crippen LogP contribution in [0.1, 0.15) is 35.7 Å². The van der Waals surface area contributed by atoms with Gasteiger partial charge >= 0.3 is 0 Å². The fourth-order valence-electron chi connectivity index (χ4n) is 2.79. The monoisotopic (exact) mass is 353 g/mol. The molecule has 2 aromatic heterocycles. The van der Waals surface area contributed by atoms with Crippen molar-refractivity contribution in [3.63, 3.8) is 0 Å². The number of hydrogen-bond acceptors (Lipinski definition) is 3. The number of hydrogen-bond donors (Lipinski definition) is 1. The van der Waals surface area contributed by atoms with Crippen LogP contribution in [0.15, 0.2) is 47.8 Å². The van der Waals surface area contributed by atoms with Gasteiger partial charge in [0.2, 0.25) is 5.91 Å². The maximum Gasteiger partial charge on any atom is 0.235 e. The van der Waals surface area contributed by atoms with Crippen molar-refractivity contribution in [1.82, 2.24) is 9.78 Å². The zero-order valence-electron chi connectivity index (χ0n) is 15.0. The zero-order chi connectivity index (χ0) is 18.0. The molecule has 0 radical (unpaired) electrons. The molecule has 2 heterocycles. The van der Waals surface area contributed by atoms with Crippen LogP contribution in [0.25, 0.3) is 0 Å². The van der Waals surface area contributed by atoms with Gasteiger partial charge in [-0.2, -0.15) is 5.10 Å². The summed E-state index contributed by atoms with van der Waals surface area (Å²) >= 11 is 1.61. The number of nitrogens with zero attached hydrogens (tertiary/aromatic N) is 2. The second-order valence-corrected chi connectivity index (χ2v) is 7.79. The molecule has 3 rings (SSSR count). The summed E-state index contributed by atoms with van der Waals surface area (Å²) in [5.41, 5.74) is 3.51. The van der Waals surface area contributed by atoms with E-state index in [1.54, 1.807) is 11.3 Å². The standard InChI is InChI=1S/C20H23N3OS/c1-14-11-15(2)23(22-14)13-16-7-5-8-17(12-16)21-19(24)20(3,4)18-9-6-10-25-18/h5-12H,13H2,1-4H3,(H,21,24). The fourth-order valence-corrected chi connectivity index (χ4v) is 3.64. The summed E-state index contributed by atoms with van der Waals surface area (Å²) in [6.07, 6.45) is 0. The van der Waals surface area contributed by atoms with Crippen molar-refractivity contribution in [2.24, 2.45) is 0 Å². The molecule has 0 atom stereocenters. The lowest BCUT2D eigenvalue weighted by Gasteiger charge is -2.22. The summed E-state index contributed by atoms with van der Waals surface area (Å²) in [6, 6.07) is 14.0. The van der Waals surface area contributed by atoms with E-state index in [0.29, 0.717) is 6.54 Å². The van der Waals surface area contributed by atoms with Gasteiger partial charge in [0.05, 0.1) is 17.7 Å². The number of carbonyl (C=O) groups is 1. The summed E-state index contributed by atoms with van der Waals surface area (Å²) in [7, 11) is 0. The van der Waals surface area contributed by atoms with Gasteiger partial charge in [-0.3, -0.25) is 9.48 Å². The third-order valence-electron chi connectivity index (χ3n) is 4.33.